The van der Waals surface area contributed by atoms with Crippen molar-refractivity contribution in [3.8, 4) is 0 Å². The predicted molar refractivity (Wildman–Crippen MR) is 116 cm³/mol. The molecule has 0 saturated heterocycles. The first-order valence-corrected chi connectivity index (χ1v) is 9.74. The summed E-state index contributed by atoms with van der Waals surface area (Å²) in [6, 6.07) is 9.94. The van der Waals surface area contributed by atoms with Gasteiger partial charge in [-0.2, -0.15) is 4.98 Å². The van der Waals surface area contributed by atoms with Crippen molar-refractivity contribution < 1.29 is 4.42 Å². The smallest absolute Gasteiger partial charge is 0.408 e. The maximum absolute atomic E-state index is 11.3. The highest BCUT2D eigenvalue weighted by atomic mass is 16.4. The third-order valence-electron chi connectivity index (χ3n) is 5.11. The van der Waals surface area contributed by atoms with E-state index in [4.69, 9.17) is 4.42 Å². The summed E-state index contributed by atoms with van der Waals surface area (Å²) in [5, 5.41) is 6.46. The Morgan fingerprint density at radius 3 is 2.70 bits per heavy atom. The lowest BCUT2D eigenvalue weighted by molar-refractivity contribution is 0.555. The van der Waals surface area contributed by atoms with Crippen LogP contribution in [0.25, 0.3) is 11.1 Å². The van der Waals surface area contributed by atoms with E-state index in [1.165, 1.54) is 12.8 Å². The molecule has 1 saturated carbocycles. The summed E-state index contributed by atoms with van der Waals surface area (Å²) in [7, 11) is 2.07. The first kappa shape index (κ1) is 18.2. The van der Waals surface area contributed by atoms with E-state index in [1.807, 2.05) is 25.1 Å². The minimum absolute atomic E-state index is 0.464. The van der Waals surface area contributed by atoms with Crippen LogP contribution in [-0.4, -0.2) is 33.0 Å². The Labute approximate surface area is 172 Å². The number of anilines is 5. The fraction of sp³-hybridized carbons (Fsp3) is 0.238. The fourth-order valence-corrected chi connectivity index (χ4v) is 3.24. The largest absolute Gasteiger partial charge is 0.417 e. The zero-order valence-electron chi connectivity index (χ0n) is 16.6. The molecule has 1 aliphatic rings. The van der Waals surface area contributed by atoms with Crippen molar-refractivity contribution in [1.29, 1.82) is 0 Å². The lowest BCUT2D eigenvalue weighted by atomic mass is 10.2. The molecule has 1 fully saturated rings. The molecule has 5 rings (SSSR count). The van der Waals surface area contributed by atoms with Crippen LogP contribution in [0.2, 0.25) is 0 Å². The van der Waals surface area contributed by atoms with Crippen LogP contribution in [0.15, 0.2) is 51.9 Å². The highest BCUT2D eigenvalue weighted by Gasteiger charge is 2.26. The molecule has 9 heteroatoms. The molecule has 0 radical (unpaired) electrons. The molecule has 1 aliphatic carbocycles. The number of benzene rings is 1. The van der Waals surface area contributed by atoms with Crippen molar-refractivity contribution in [2.75, 3.05) is 22.6 Å². The number of oxazole rings is 1. The van der Waals surface area contributed by atoms with Gasteiger partial charge in [-0.15, -0.1) is 0 Å². The van der Waals surface area contributed by atoms with Gasteiger partial charge in [0.05, 0.1) is 17.4 Å². The number of aromatic amines is 1. The van der Waals surface area contributed by atoms with Crippen molar-refractivity contribution in [3.05, 3.63) is 58.8 Å². The van der Waals surface area contributed by atoms with Crippen molar-refractivity contribution in [2.45, 2.75) is 25.8 Å². The summed E-state index contributed by atoms with van der Waals surface area (Å²) in [5.74, 6) is 1.61. The Bertz CT molecular complexity index is 1260. The topological polar surface area (TPSA) is 112 Å². The molecule has 0 unspecified atom stereocenters. The van der Waals surface area contributed by atoms with Crippen LogP contribution in [0.3, 0.4) is 0 Å². The van der Waals surface area contributed by atoms with Crippen LogP contribution in [0.4, 0.5) is 29.0 Å². The summed E-state index contributed by atoms with van der Waals surface area (Å²) in [6.45, 7) is 1.93. The predicted octanol–water partition coefficient (Wildman–Crippen LogP) is 3.70. The van der Waals surface area contributed by atoms with E-state index in [1.54, 1.807) is 24.5 Å². The number of pyridine rings is 1. The molecule has 0 atom stereocenters. The molecule has 9 nitrogen and oxygen atoms in total. The van der Waals surface area contributed by atoms with Gasteiger partial charge in [0.1, 0.15) is 11.6 Å². The second kappa shape index (κ2) is 7.18. The minimum atomic E-state index is -0.477. The van der Waals surface area contributed by atoms with Crippen LogP contribution in [0.1, 0.15) is 18.4 Å². The lowest BCUT2D eigenvalue weighted by Gasteiger charge is -2.17. The molecular weight excluding hydrogens is 382 g/mol. The van der Waals surface area contributed by atoms with Gasteiger partial charge in [0, 0.05) is 30.5 Å². The number of hydrogen-bond donors (Lipinski definition) is 3. The highest BCUT2D eigenvalue weighted by molar-refractivity contribution is 5.78. The third kappa shape index (κ3) is 3.69. The molecule has 3 aromatic heterocycles. The van der Waals surface area contributed by atoms with Gasteiger partial charge in [-0.25, -0.2) is 14.8 Å². The number of nitrogens with zero attached hydrogens (tertiary/aromatic N) is 4. The first-order valence-electron chi connectivity index (χ1n) is 9.74. The summed E-state index contributed by atoms with van der Waals surface area (Å²) < 4.78 is 5.04. The van der Waals surface area contributed by atoms with Gasteiger partial charge in [-0.1, -0.05) is 0 Å². The van der Waals surface area contributed by atoms with E-state index >= 15 is 0 Å². The van der Waals surface area contributed by atoms with Gasteiger partial charge in [-0.3, -0.25) is 4.98 Å². The maximum Gasteiger partial charge on any atom is 0.417 e. The minimum Gasteiger partial charge on any atom is -0.408 e. The molecule has 3 heterocycles. The van der Waals surface area contributed by atoms with Gasteiger partial charge in [-0.05, 0) is 50.1 Å². The average molecular weight is 403 g/mol. The fourth-order valence-electron chi connectivity index (χ4n) is 3.24. The molecule has 152 valence electrons. The Morgan fingerprint density at radius 2 is 1.93 bits per heavy atom. The van der Waals surface area contributed by atoms with Crippen LogP contribution < -0.4 is 21.3 Å². The van der Waals surface area contributed by atoms with Gasteiger partial charge >= 0.3 is 5.76 Å². The van der Waals surface area contributed by atoms with E-state index in [-0.39, 0.29) is 0 Å². The molecule has 4 aromatic rings. The highest BCUT2D eigenvalue weighted by Crippen LogP contribution is 2.29. The summed E-state index contributed by atoms with van der Waals surface area (Å²) in [6.07, 6.45) is 6.00. The Balaban J connectivity index is 1.34. The Hall–Kier alpha value is -3.88. The Kier molecular flexibility index (Phi) is 4.35. The van der Waals surface area contributed by atoms with Gasteiger partial charge in [0.25, 0.3) is 0 Å². The number of fused-ring (bicyclic) bond motifs is 1. The SMILES string of the molecule is Cc1cnc(Nc2ccc(N(C)C3CC3)nc2)nc1Nc1ccc2oc(=O)[nH]c2c1. The standard InChI is InChI=1S/C21H21N7O2/c1-12-10-23-20(25-14-4-8-18(22-11-14)28(2)15-5-6-15)27-19(12)24-13-3-7-17-16(9-13)26-21(29)30-17/h3-4,7-11,15H,5-6H2,1-2H3,(H,26,29)(H2,23,24,25,27). The van der Waals surface area contributed by atoms with Crippen molar-refractivity contribution in [3.63, 3.8) is 0 Å². The van der Waals surface area contributed by atoms with Crippen molar-refractivity contribution in [2.24, 2.45) is 0 Å². The van der Waals surface area contributed by atoms with E-state index in [9.17, 15) is 4.79 Å². The second-order valence-corrected chi connectivity index (χ2v) is 7.45. The monoisotopic (exact) mass is 403 g/mol. The van der Waals surface area contributed by atoms with Gasteiger partial charge < -0.3 is 20.0 Å². The van der Waals surface area contributed by atoms with E-state index < -0.39 is 5.76 Å². The zero-order chi connectivity index (χ0) is 20.7. The molecule has 3 N–H and O–H groups in total. The zero-order valence-corrected chi connectivity index (χ0v) is 16.6. The van der Waals surface area contributed by atoms with Gasteiger partial charge in [0.2, 0.25) is 5.95 Å². The molecule has 0 amide bonds. The molecule has 0 spiro atoms. The summed E-state index contributed by atoms with van der Waals surface area (Å²) >= 11 is 0. The number of rotatable bonds is 6. The molecule has 30 heavy (non-hydrogen) atoms. The number of hydrogen-bond acceptors (Lipinski definition) is 8. The normalized spacial score (nSPS) is 13.4. The summed E-state index contributed by atoms with van der Waals surface area (Å²) in [4.78, 5) is 29.7. The molecule has 0 aliphatic heterocycles. The first-order chi connectivity index (χ1) is 14.5. The van der Waals surface area contributed by atoms with E-state index in [2.05, 4.69) is 42.5 Å². The van der Waals surface area contributed by atoms with Gasteiger partial charge in [0.15, 0.2) is 5.58 Å². The Morgan fingerprint density at radius 1 is 1.10 bits per heavy atom. The number of nitrogens with one attached hydrogen (secondary N) is 3. The van der Waals surface area contributed by atoms with Crippen LogP contribution in [0.5, 0.6) is 0 Å². The van der Waals surface area contributed by atoms with Crippen LogP contribution in [0, 0.1) is 6.92 Å². The van der Waals surface area contributed by atoms with Crippen molar-refractivity contribution in [1.82, 2.24) is 19.9 Å². The third-order valence-corrected chi connectivity index (χ3v) is 5.11. The molecular formula is C21H21N7O2. The lowest BCUT2D eigenvalue weighted by Crippen LogP contribution is -2.20. The quantitative estimate of drug-likeness (QED) is 0.447. The van der Waals surface area contributed by atoms with E-state index in [0.717, 1.165) is 22.8 Å². The maximum atomic E-state index is 11.3. The number of aryl methyl sites for hydroxylation is 1. The summed E-state index contributed by atoms with van der Waals surface area (Å²) in [5.41, 5.74) is 3.62. The number of H-pyrrole nitrogens is 1. The average Bonchev–Trinajstić information content (AvgIpc) is 3.52. The molecule has 1 aromatic carbocycles. The van der Waals surface area contributed by atoms with Crippen LogP contribution >= 0.6 is 0 Å². The van der Waals surface area contributed by atoms with E-state index in [0.29, 0.717) is 28.9 Å². The van der Waals surface area contributed by atoms with Crippen LogP contribution in [-0.2, 0) is 0 Å². The molecule has 0 bridgehead atoms. The van der Waals surface area contributed by atoms with Crippen molar-refractivity contribution >= 4 is 40.1 Å². The second-order valence-electron chi connectivity index (χ2n) is 7.45. The number of aromatic nitrogens is 4.